The molecule has 0 aliphatic heterocycles. The molecule has 0 spiro atoms. The summed E-state index contributed by atoms with van der Waals surface area (Å²) < 4.78 is 0.306. The van der Waals surface area contributed by atoms with Crippen LogP contribution in [0.1, 0.15) is 27.7 Å². The lowest BCUT2D eigenvalue weighted by Gasteiger charge is -2.15. The van der Waals surface area contributed by atoms with Gasteiger partial charge in [-0.15, -0.1) is 0 Å². The first-order valence-corrected chi connectivity index (χ1v) is 6.29. The van der Waals surface area contributed by atoms with Crippen LogP contribution in [0, 0.1) is 0 Å². The Morgan fingerprint density at radius 2 is 2.00 bits per heavy atom. The summed E-state index contributed by atoms with van der Waals surface area (Å²) in [6.45, 7) is 8.86. The van der Waals surface area contributed by atoms with E-state index < -0.39 is 0 Å². The summed E-state index contributed by atoms with van der Waals surface area (Å²) in [7, 11) is 3.65. The fraction of sp³-hybridized carbons (Fsp3) is 0.875. The van der Waals surface area contributed by atoms with Gasteiger partial charge in [0.2, 0.25) is 5.91 Å². The van der Waals surface area contributed by atoms with Crippen LogP contribution >= 0.6 is 21.6 Å². The highest BCUT2D eigenvalue weighted by atomic mass is 33.1. The van der Waals surface area contributed by atoms with E-state index in [2.05, 4.69) is 26.1 Å². The fourth-order valence-electron chi connectivity index (χ4n) is 0.487. The second-order valence-electron chi connectivity index (χ2n) is 3.50. The molecule has 12 heavy (non-hydrogen) atoms. The van der Waals surface area contributed by atoms with E-state index in [1.54, 1.807) is 17.7 Å². The summed E-state index contributed by atoms with van der Waals surface area (Å²) in [4.78, 5) is 10.5. The van der Waals surface area contributed by atoms with Gasteiger partial charge >= 0.3 is 0 Å². The first-order chi connectivity index (χ1) is 5.42. The Kier molecular flexibility index (Phi) is 5.84. The lowest BCUT2D eigenvalue weighted by Crippen LogP contribution is -2.22. The second-order valence-corrected chi connectivity index (χ2v) is 6.74. The molecule has 0 aliphatic carbocycles. The van der Waals surface area contributed by atoms with Crippen molar-refractivity contribution in [3.05, 3.63) is 0 Å². The molecule has 2 nitrogen and oxygen atoms in total. The van der Waals surface area contributed by atoms with Crippen LogP contribution in [0.4, 0.5) is 0 Å². The largest absolute Gasteiger partial charge is 0.355 e. The molecule has 0 unspecified atom stereocenters. The molecule has 72 valence electrons. The predicted octanol–water partition coefficient (Wildman–Crippen LogP) is 2.30. The molecule has 0 aromatic rings. The molecule has 0 heterocycles. The van der Waals surface area contributed by atoms with Crippen molar-refractivity contribution in [2.75, 3.05) is 12.3 Å². The maximum absolute atomic E-state index is 10.5. The van der Waals surface area contributed by atoms with Crippen molar-refractivity contribution >= 4 is 27.5 Å². The van der Waals surface area contributed by atoms with Crippen molar-refractivity contribution in [1.82, 2.24) is 5.32 Å². The topological polar surface area (TPSA) is 29.1 Å². The van der Waals surface area contributed by atoms with Crippen molar-refractivity contribution in [2.24, 2.45) is 0 Å². The Morgan fingerprint density at radius 1 is 1.42 bits per heavy atom. The molecule has 0 saturated carbocycles. The third kappa shape index (κ3) is 10.2. The number of rotatable bonds is 4. The van der Waals surface area contributed by atoms with Gasteiger partial charge < -0.3 is 5.32 Å². The van der Waals surface area contributed by atoms with Gasteiger partial charge in [0.1, 0.15) is 0 Å². The highest BCUT2D eigenvalue weighted by Gasteiger charge is 2.10. The van der Waals surface area contributed by atoms with Crippen LogP contribution in [0.15, 0.2) is 0 Å². The van der Waals surface area contributed by atoms with Crippen LogP contribution in [-0.2, 0) is 4.79 Å². The predicted molar refractivity (Wildman–Crippen MR) is 58.5 cm³/mol. The smallest absolute Gasteiger partial charge is 0.216 e. The molecule has 0 rings (SSSR count). The Labute approximate surface area is 82.7 Å². The van der Waals surface area contributed by atoms with E-state index in [-0.39, 0.29) is 5.91 Å². The van der Waals surface area contributed by atoms with Gasteiger partial charge in [-0.05, 0) is 0 Å². The van der Waals surface area contributed by atoms with Gasteiger partial charge in [-0.25, -0.2) is 0 Å². The van der Waals surface area contributed by atoms with Gasteiger partial charge in [0.25, 0.3) is 0 Å². The zero-order valence-electron chi connectivity index (χ0n) is 8.14. The van der Waals surface area contributed by atoms with E-state index in [9.17, 15) is 4.79 Å². The van der Waals surface area contributed by atoms with Gasteiger partial charge in [0.15, 0.2) is 0 Å². The lowest BCUT2D eigenvalue weighted by atomic mass is 10.3. The SMILES string of the molecule is CC(=O)NCCSSC(C)(C)C. The van der Waals surface area contributed by atoms with Gasteiger partial charge in [-0.2, -0.15) is 0 Å². The second kappa shape index (κ2) is 5.75. The molecule has 0 bridgehead atoms. The lowest BCUT2D eigenvalue weighted by molar-refractivity contribution is -0.118. The van der Waals surface area contributed by atoms with Crippen LogP contribution in [0.3, 0.4) is 0 Å². The van der Waals surface area contributed by atoms with Crippen LogP contribution in [0.2, 0.25) is 0 Å². The maximum Gasteiger partial charge on any atom is 0.216 e. The van der Waals surface area contributed by atoms with E-state index >= 15 is 0 Å². The fourth-order valence-corrected chi connectivity index (χ4v) is 2.67. The molecule has 1 amide bonds. The van der Waals surface area contributed by atoms with Crippen LogP contribution < -0.4 is 5.32 Å². The summed E-state index contributed by atoms with van der Waals surface area (Å²) in [6.07, 6.45) is 0. The number of nitrogens with one attached hydrogen (secondary N) is 1. The molecule has 0 saturated heterocycles. The average Bonchev–Trinajstić information content (AvgIpc) is 1.83. The van der Waals surface area contributed by atoms with E-state index in [0.29, 0.717) is 4.75 Å². The Balaban J connectivity index is 3.17. The summed E-state index contributed by atoms with van der Waals surface area (Å²) in [5, 5.41) is 2.76. The Morgan fingerprint density at radius 3 is 2.42 bits per heavy atom. The van der Waals surface area contributed by atoms with Crippen molar-refractivity contribution in [3.63, 3.8) is 0 Å². The van der Waals surface area contributed by atoms with Gasteiger partial charge in [-0.3, -0.25) is 4.79 Å². The number of hydrogen-bond donors (Lipinski definition) is 1. The Bertz CT molecular complexity index is 142. The minimum absolute atomic E-state index is 0.0522. The summed E-state index contributed by atoms with van der Waals surface area (Å²) in [5.74, 6) is 1.03. The minimum Gasteiger partial charge on any atom is -0.355 e. The number of amides is 1. The molecule has 0 aromatic heterocycles. The summed E-state index contributed by atoms with van der Waals surface area (Å²) >= 11 is 0. The maximum atomic E-state index is 10.5. The van der Waals surface area contributed by atoms with Gasteiger partial charge in [-0.1, -0.05) is 42.4 Å². The van der Waals surface area contributed by atoms with Crippen molar-refractivity contribution < 1.29 is 4.79 Å². The van der Waals surface area contributed by atoms with E-state index in [1.165, 1.54) is 0 Å². The number of carbonyl (C=O) groups is 1. The average molecular weight is 207 g/mol. The highest BCUT2D eigenvalue weighted by Crippen LogP contribution is 2.34. The first-order valence-electron chi connectivity index (χ1n) is 3.97. The standard InChI is InChI=1S/C8H17NOS2/c1-7(10)9-5-6-11-12-8(2,3)4/h5-6H2,1-4H3,(H,9,10). The molecule has 1 N–H and O–H groups in total. The Hall–Kier alpha value is 0.170. The van der Waals surface area contributed by atoms with Crippen LogP contribution in [-0.4, -0.2) is 23.0 Å². The van der Waals surface area contributed by atoms with Gasteiger partial charge in [0, 0.05) is 24.0 Å². The zero-order chi connectivity index (χ0) is 9.61. The van der Waals surface area contributed by atoms with Crippen molar-refractivity contribution in [1.29, 1.82) is 0 Å². The molecule has 0 fully saturated rings. The molecular formula is C8H17NOS2. The quantitative estimate of drug-likeness (QED) is 0.566. The van der Waals surface area contributed by atoms with E-state index in [4.69, 9.17) is 0 Å². The monoisotopic (exact) mass is 207 g/mol. The van der Waals surface area contributed by atoms with Crippen LogP contribution in [0.25, 0.3) is 0 Å². The van der Waals surface area contributed by atoms with Gasteiger partial charge in [0.05, 0.1) is 0 Å². The molecule has 0 aromatic carbocycles. The summed E-state index contributed by atoms with van der Waals surface area (Å²) in [5.41, 5.74) is 0. The molecular weight excluding hydrogens is 190 g/mol. The number of carbonyl (C=O) groups excluding carboxylic acids is 1. The minimum atomic E-state index is 0.0522. The first kappa shape index (κ1) is 12.2. The third-order valence-electron chi connectivity index (χ3n) is 0.868. The highest BCUT2D eigenvalue weighted by molar-refractivity contribution is 8.77. The molecule has 4 heteroatoms. The normalized spacial score (nSPS) is 11.3. The summed E-state index contributed by atoms with van der Waals surface area (Å²) in [6, 6.07) is 0. The van der Waals surface area contributed by atoms with Crippen molar-refractivity contribution in [2.45, 2.75) is 32.4 Å². The van der Waals surface area contributed by atoms with Crippen molar-refractivity contribution in [3.8, 4) is 0 Å². The molecule has 0 atom stereocenters. The molecule has 0 aliphatic rings. The van der Waals surface area contributed by atoms with E-state index in [0.717, 1.165) is 12.3 Å². The molecule has 0 radical (unpaired) electrons. The van der Waals surface area contributed by atoms with E-state index in [1.807, 2.05) is 10.8 Å². The zero-order valence-corrected chi connectivity index (χ0v) is 9.77. The number of hydrogen-bond acceptors (Lipinski definition) is 3. The third-order valence-corrected chi connectivity index (χ3v) is 4.21. The van der Waals surface area contributed by atoms with Crippen LogP contribution in [0.5, 0.6) is 0 Å².